The average molecular weight is 939 g/mol. The van der Waals surface area contributed by atoms with E-state index in [1.165, 1.54) is 0 Å². The van der Waals surface area contributed by atoms with Gasteiger partial charge in [-0.3, -0.25) is 9.59 Å². The van der Waals surface area contributed by atoms with Gasteiger partial charge in [0.1, 0.15) is 0 Å². The van der Waals surface area contributed by atoms with Gasteiger partial charge in [0.15, 0.2) is 11.6 Å². The first kappa shape index (κ1) is 63.8. The van der Waals surface area contributed by atoms with Crippen LogP contribution in [-0.2, 0) is 9.59 Å². The molecule has 0 radical (unpaired) electrons. The van der Waals surface area contributed by atoms with Crippen LogP contribution < -0.4 is 22.1 Å². The lowest BCUT2D eigenvalue weighted by Crippen LogP contribution is -2.45. The van der Waals surface area contributed by atoms with Crippen LogP contribution >= 0.6 is 49.6 Å². The first-order chi connectivity index (χ1) is 27.5. The molecule has 6 N–H and O–H groups in total. The van der Waals surface area contributed by atoms with Gasteiger partial charge in [-0.2, -0.15) is 0 Å². The molecule has 0 saturated heterocycles. The zero-order valence-electron chi connectivity index (χ0n) is 39.7. The Kier molecular flexibility index (Phi) is 34.9. The molecular formula is C52H84Cl4N4O2. The van der Waals surface area contributed by atoms with Crippen LogP contribution in [0.4, 0.5) is 0 Å². The van der Waals surface area contributed by atoms with Crippen LogP contribution in [0.3, 0.4) is 0 Å². The lowest BCUT2D eigenvalue weighted by Gasteiger charge is -2.37. The molecule has 0 aromatic rings. The molecule has 6 nitrogen and oxygen atoms in total. The molecule has 2 atom stereocenters. The summed E-state index contributed by atoms with van der Waals surface area (Å²) in [6.45, 7) is 24.6. The molecule has 0 saturated carbocycles. The molecule has 0 fully saturated rings. The molecule has 0 heterocycles. The molecule has 0 aliphatic heterocycles. The molecule has 10 heteroatoms. The van der Waals surface area contributed by atoms with E-state index in [0.717, 1.165) is 135 Å². The van der Waals surface area contributed by atoms with Crippen LogP contribution in [0.2, 0.25) is 0 Å². The van der Waals surface area contributed by atoms with E-state index in [1.54, 1.807) is 0 Å². The summed E-state index contributed by atoms with van der Waals surface area (Å²) in [5.74, 6) is 0.449. The average Bonchev–Trinajstić information content (AvgIpc) is 3.16. The Morgan fingerprint density at radius 3 is 1.16 bits per heavy atom. The number of halogens is 4. The number of rotatable bonds is 24. The van der Waals surface area contributed by atoms with E-state index in [0.29, 0.717) is 0 Å². The molecule has 62 heavy (non-hydrogen) atoms. The quantitative estimate of drug-likeness (QED) is 0.0567. The highest BCUT2D eigenvalue weighted by Crippen LogP contribution is 2.41. The second-order valence-corrected chi connectivity index (χ2v) is 17.8. The molecule has 0 spiro atoms. The SMILES string of the molecule is CC1=C(/C=C/C(C)=C/C=C/C(C)=C/C=C/C=C(C)/C=C/C=C(C)/C=C/C2=C(C)C(=O)C(NCCCCCCN)CC2(C)C)C(C)(C)CC(NCCCCCCN)C1=O.Cl.Cl.Cl.Cl. The summed E-state index contributed by atoms with van der Waals surface area (Å²) in [5, 5.41) is 7.05. The lowest BCUT2D eigenvalue weighted by molar-refractivity contribution is -0.119. The van der Waals surface area contributed by atoms with Gasteiger partial charge >= 0.3 is 0 Å². The van der Waals surface area contributed by atoms with Gasteiger partial charge in [-0.05, 0) is 139 Å². The number of unbranched alkanes of at least 4 members (excludes halogenated alkanes) is 6. The Hall–Kier alpha value is -2.52. The number of carbonyl (C=O) groups excluding carboxylic acids is 2. The summed E-state index contributed by atoms with van der Waals surface area (Å²) < 4.78 is 0. The molecular weight excluding hydrogens is 854 g/mol. The summed E-state index contributed by atoms with van der Waals surface area (Å²) >= 11 is 0. The van der Waals surface area contributed by atoms with E-state index in [1.807, 2.05) is 13.8 Å². The van der Waals surface area contributed by atoms with Gasteiger partial charge in [0, 0.05) is 0 Å². The summed E-state index contributed by atoms with van der Waals surface area (Å²) in [6.07, 6.45) is 39.9. The third-order valence-electron chi connectivity index (χ3n) is 11.4. The number of ketones is 2. The van der Waals surface area contributed by atoms with Crippen molar-refractivity contribution in [1.82, 2.24) is 10.6 Å². The predicted octanol–water partition coefficient (Wildman–Crippen LogP) is 12.8. The highest BCUT2D eigenvalue weighted by molar-refractivity contribution is 6.02. The second kappa shape index (κ2) is 33.9. The van der Waals surface area contributed by atoms with Crippen molar-refractivity contribution in [1.29, 1.82) is 0 Å². The van der Waals surface area contributed by atoms with Crippen LogP contribution in [0.25, 0.3) is 0 Å². The maximum absolute atomic E-state index is 13.2. The van der Waals surface area contributed by atoms with Crippen molar-refractivity contribution in [3.05, 3.63) is 130 Å². The molecule has 2 aliphatic carbocycles. The number of Topliss-reactive ketones (excluding diaryl/α,β-unsaturated/α-hetero) is 2. The first-order valence-electron chi connectivity index (χ1n) is 22.0. The van der Waals surface area contributed by atoms with Gasteiger partial charge in [0.2, 0.25) is 0 Å². The minimum absolute atomic E-state index is 0. The van der Waals surface area contributed by atoms with Crippen LogP contribution in [0.5, 0.6) is 0 Å². The molecule has 0 amide bonds. The summed E-state index contributed by atoms with van der Waals surface area (Å²) in [7, 11) is 0. The van der Waals surface area contributed by atoms with Crippen LogP contribution in [0.15, 0.2) is 130 Å². The van der Waals surface area contributed by atoms with E-state index in [9.17, 15) is 9.59 Å². The Labute approximate surface area is 402 Å². The topological polar surface area (TPSA) is 110 Å². The van der Waals surface area contributed by atoms with Crippen molar-refractivity contribution < 1.29 is 9.59 Å². The van der Waals surface area contributed by atoms with E-state index < -0.39 is 0 Å². The zero-order chi connectivity index (χ0) is 43.1. The Morgan fingerprint density at radius 2 is 0.823 bits per heavy atom. The van der Waals surface area contributed by atoms with E-state index in [4.69, 9.17) is 11.5 Å². The third-order valence-corrected chi connectivity index (χ3v) is 11.4. The fraction of sp³-hybridized carbons (Fsp3) is 0.538. The Balaban J connectivity index is -0.00000870. The van der Waals surface area contributed by atoms with E-state index in [2.05, 4.69) is 151 Å². The van der Waals surface area contributed by atoms with E-state index >= 15 is 0 Å². The van der Waals surface area contributed by atoms with Crippen molar-refractivity contribution >= 4 is 61.2 Å². The number of nitrogens with two attached hydrogens (primary N) is 2. The largest absolute Gasteiger partial charge is 0.330 e. The predicted molar refractivity (Wildman–Crippen MR) is 281 cm³/mol. The molecule has 0 aromatic carbocycles. The lowest BCUT2D eigenvalue weighted by atomic mass is 9.70. The molecule has 0 aromatic heterocycles. The minimum atomic E-state index is -0.109. The zero-order valence-corrected chi connectivity index (χ0v) is 43.0. The van der Waals surface area contributed by atoms with Gasteiger partial charge in [0.05, 0.1) is 12.1 Å². The highest BCUT2D eigenvalue weighted by atomic mass is 35.5. The Bertz CT molecular complexity index is 1600. The van der Waals surface area contributed by atoms with Crippen LogP contribution in [0, 0.1) is 10.8 Å². The molecule has 352 valence electrons. The molecule has 0 bridgehead atoms. The second-order valence-electron chi connectivity index (χ2n) is 17.8. The van der Waals surface area contributed by atoms with Gasteiger partial charge in [-0.25, -0.2) is 0 Å². The van der Waals surface area contributed by atoms with Crippen molar-refractivity contribution in [3.63, 3.8) is 0 Å². The monoisotopic (exact) mass is 937 g/mol. The maximum Gasteiger partial charge on any atom is 0.175 e. The van der Waals surface area contributed by atoms with Crippen molar-refractivity contribution in [2.75, 3.05) is 26.2 Å². The first-order valence-corrected chi connectivity index (χ1v) is 22.0. The molecule has 2 rings (SSSR count). The van der Waals surface area contributed by atoms with Gasteiger partial charge < -0.3 is 22.1 Å². The van der Waals surface area contributed by atoms with E-state index in [-0.39, 0.29) is 84.1 Å². The summed E-state index contributed by atoms with van der Waals surface area (Å²) in [6, 6.07) is -0.219. The molecule has 2 unspecified atom stereocenters. The summed E-state index contributed by atoms with van der Waals surface area (Å²) in [4.78, 5) is 26.4. The fourth-order valence-electron chi connectivity index (χ4n) is 7.83. The highest BCUT2D eigenvalue weighted by Gasteiger charge is 2.38. The smallest absolute Gasteiger partial charge is 0.175 e. The third kappa shape index (κ3) is 23.4. The maximum atomic E-state index is 13.2. The van der Waals surface area contributed by atoms with Crippen LogP contribution in [0.1, 0.15) is 133 Å². The van der Waals surface area contributed by atoms with Crippen LogP contribution in [-0.4, -0.2) is 49.8 Å². The summed E-state index contributed by atoms with van der Waals surface area (Å²) in [5.41, 5.74) is 19.6. The fourth-order valence-corrected chi connectivity index (χ4v) is 7.83. The van der Waals surface area contributed by atoms with Gasteiger partial charge in [-0.15, -0.1) is 49.6 Å². The van der Waals surface area contributed by atoms with Crippen molar-refractivity contribution in [3.8, 4) is 0 Å². The normalized spacial score (nSPS) is 20.1. The standard InChI is InChI=1S/C52H80N4O2.4ClH/c1-39(25-21-27-41(3)29-31-45-43(5)49(57)47(37-51(45,7)8)55-35-19-13-11-17-33-53)23-15-16-24-40(2)26-22-28-42(4)30-32-46-44(6)50(58)48(38-52(46,9)10)56-36-20-14-12-18-34-54;;;;/h15-16,21-32,47-48,55-56H,11-14,17-20,33-38,53-54H2,1-10H3;4*1H/b16-15+,25-21+,26-22+,31-29+,32-30+,39-23+,40-24+,41-27+,42-28+;;;;. The number of hydrogen-bond acceptors (Lipinski definition) is 6. The number of allylic oxidation sites excluding steroid dienone is 20. The number of hydrogen-bond donors (Lipinski definition) is 4. The minimum Gasteiger partial charge on any atom is -0.330 e. The molecule has 2 aliphatic rings. The van der Waals surface area contributed by atoms with Gasteiger partial charge in [-0.1, -0.05) is 161 Å². The van der Waals surface area contributed by atoms with Crippen molar-refractivity contribution in [2.24, 2.45) is 22.3 Å². The van der Waals surface area contributed by atoms with Gasteiger partial charge in [0.25, 0.3) is 0 Å². The van der Waals surface area contributed by atoms with Crippen molar-refractivity contribution in [2.45, 2.75) is 146 Å². The number of carbonyl (C=O) groups is 2. The Morgan fingerprint density at radius 1 is 0.516 bits per heavy atom. The number of nitrogens with one attached hydrogen (secondary N) is 2.